The Bertz CT molecular complexity index is 878. The molecule has 0 bridgehead atoms. The van der Waals surface area contributed by atoms with Gasteiger partial charge in [-0.05, 0) is 29.1 Å². The molecular weight excluding hydrogens is 396 g/mol. The molecule has 140 valence electrons. The van der Waals surface area contributed by atoms with Gasteiger partial charge in [-0.25, -0.2) is 8.42 Å². The van der Waals surface area contributed by atoms with Gasteiger partial charge in [0.2, 0.25) is 0 Å². The monoisotopic (exact) mass is 414 g/mol. The molecule has 3 heterocycles. The van der Waals surface area contributed by atoms with Gasteiger partial charge in [-0.15, -0.1) is 11.3 Å². The first kappa shape index (κ1) is 18.1. The van der Waals surface area contributed by atoms with Crippen molar-refractivity contribution < 1.29 is 17.9 Å². The Morgan fingerprint density at radius 2 is 1.88 bits per heavy atom. The Labute approximate surface area is 161 Å². The number of hydrogen-bond donors (Lipinski definition) is 0. The van der Waals surface area contributed by atoms with Crippen molar-refractivity contribution >= 4 is 33.0 Å². The van der Waals surface area contributed by atoms with Crippen LogP contribution in [0.4, 0.5) is 0 Å². The molecule has 1 aromatic carbocycles. The van der Waals surface area contributed by atoms with Crippen LogP contribution in [0.2, 0.25) is 5.02 Å². The summed E-state index contributed by atoms with van der Waals surface area (Å²) in [5.41, 5.74) is 1.04. The van der Waals surface area contributed by atoms with E-state index in [0.29, 0.717) is 66.7 Å². The van der Waals surface area contributed by atoms with Gasteiger partial charge < -0.3 is 9.47 Å². The predicted molar refractivity (Wildman–Crippen MR) is 101 cm³/mol. The Morgan fingerprint density at radius 1 is 1.12 bits per heavy atom. The lowest BCUT2D eigenvalue weighted by Gasteiger charge is -2.33. The van der Waals surface area contributed by atoms with E-state index in [9.17, 15) is 8.42 Å². The normalized spacial score (nSPS) is 18.8. The van der Waals surface area contributed by atoms with Crippen LogP contribution in [0.3, 0.4) is 0 Å². The lowest BCUT2D eigenvalue weighted by molar-refractivity contribution is 0.169. The van der Waals surface area contributed by atoms with Gasteiger partial charge in [-0.3, -0.25) is 4.90 Å². The van der Waals surface area contributed by atoms with E-state index in [2.05, 4.69) is 4.90 Å². The molecule has 0 N–H and O–H groups in total. The van der Waals surface area contributed by atoms with Crippen LogP contribution in [0.25, 0.3) is 0 Å². The maximum absolute atomic E-state index is 12.6. The first-order valence-corrected chi connectivity index (χ1v) is 11.1. The van der Waals surface area contributed by atoms with E-state index in [0.717, 1.165) is 5.56 Å². The maximum atomic E-state index is 12.6. The zero-order chi connectivity index (χ0) is 18.1. The average molecular weight is 415 g/mol. The largest absolute Gasteiger partial charge is 0.486 e. The van der Waals surface area contributed by atoms with Crippen LogP contribution >= 0.6 is 22.9 Å². The van der Waals surface area contributed by atoms with Crippen LogP contribution in [0.15, 0.2) is 33.9 Å². The highest BCUT2D eigenvalue weighted by molar-refractivity contribution is 7.91. The van der Waals surface area contributed by atoms with Crippen molar-refractivity contribution in [3.63, 3.8) is 0 Å². The number of rotatable bonds is 4. The third kappa shape index (κ3) is 3.57. The zero-order valence-corrected chi connectivity index (χ0v) is 16.4. The maximum Gasteiger partial charge on any atom is 0.252 e. The number of sulfonamides is 1. The SMILES string of the molecule is O=S(=O)(c1cccs1)N1CCN(Cc2cc(Cl)c3c(c2)OCCO3)CC1. The minimum Gasteiger partial charge on any atom is -0.486 e. The van der Waals surface area contributed by atoms with Gasteiger partial charge in [0.15, 0.2) is 11.5 Å². The first-order chi connectivity index (χ1) is 12.5. The fourth-order valence-electron chi connectivity index (χ4n) is 3.18. The Hall–Kier alpha value is -1.32. The highest BCUT2D eigenvalue weighted by Crippen LogP contribution is 2.38. The molecule has 2 aromatic rings. The summed E-state index contributed by atoms with van der Waals surface area (Å²) in [5, 5.41) is 2.34. The topological polar surface area (TPSA) is 59.1 Å². The molecule has 9 heteroatoms. The van der Waals surface area contributed by atoms with E-state index in [1.807, 2.05) is 12.1 Å². The fourth-order valence-corrected chi connectivity index (χ4v) is 6.03. The summed E-state index contributed by atoms with van der Waals surface area (Å²) in [6, 6.07) is 7.27. The number of fused-ring (bicyclic) bond motifs is 1. The third-order valence-corrected chi connectivity index (χ3v) is 8.04. The second-order valence-electron chi connectivity index (χ2n) is 6.21. The van der Waals surface area contributed by atoms with Crippen molar-refractivity contribution in [3.05, 3.63) is 40.2 Å². The van der Waals surface area contributed by atoms with E-state index in [-0.39, 0.29) is 0 Å². The minimum atomic E-state index is -3.37. The number of benzene rings is 1. The fraction of sp³-hybridized carbons (Fsp3) is 0.412. The average Bonchev–Trinajstić information content (AvgIpc) is 3.18. The second kappa shape index (κ2) is 7.36. The summed E-state index contributed by atoms with van der Waals surface area (Å²) in [4.78, 5) is 2.22. The number of thiophene rings is 1. The Balaban J connectivity index is 1.41. The van der Waals surface area contributed by atoms with Gasteiger partial charge >= 0.3 is 0 Å². The van der Waals surface area contributed by atoms with Gasteiger partial charge in [0.05, 0.1) is 5.02 Å². The molecule has 4 rings (SSSR count). The molecule has 0 aliphatic carbocycles. The second-order valence-corrected chi connectivity index (χ2v) is 9.73. The quantitative estimate of drug-likeness (QED) is 0.769. The molecule has 1 fully saturated rings. The summed E-state index contributed by atoms with van der Waals surface area (Å²) >= 11 is 7.55. The molecule has 2 aliphatic rings. The number of piperazine rings is 1. The highest BCUT2D eigenvalue weighted by Gasteiger charge is 2.29. The summed E-state index contributed by atoms with van der Waals surface area (Å²) in [6.07, 6.45) is 0. The van der Waals surface area contributed by atoms with Crippen LogP contribution in [-0.2, 0) is 16.6 Å². The van der Waals surface area contributed by atoms with E-state index < -0.39 is 10.0 Å². The van der Waals surface area contributed by atoms with Gasteiger partial charge in [0.25, 0.3) is 10.0 Å². The lowest BCUT2D eigenvalue weighted by Crippen LogP contribution is -2.48. The van der Waals surface area contributed by atoms with Gasteiger partial charge in [-0.2, -0.15) is 4.31 Å². The number of ether oxygens (including phenoxy) is 2. The Morgan fingerprint density at radius 3 is 2.62 bits per heavy atom. The van der Waals surface area contributed by atoms with Crippen molar-refractivity contribution in [1.82, 2.24) is 9.21 Å². The third-order valence-electron chi connectivity index (χ3n) is 4.48. The molecule has 0 unspecified atom stereocenters. The molecule has 0 radical (unpaired) electrons. The van der Waals surface area contributed by atoms with Gasteiger partial charge in [0.1, 0.15) is 17.4 Å². The summed E-state index contributed by atoms with van der Waals surface area (Å²) in [7, 11) is -3.37. The van der Waals surface area contributed by atoms with Crippen LogP contribution in [0, 0.1) is 0 Å². The van der Waals surface area contributed by atoms with E-state index in [1.54, 1.807) is 21.8 Å². The Kier molecular flexibility index (Phi) is 5.11. The first-order valence-electron chi connectivity index (χ1n) is 8.38. The standard InChI is InChI=1S/C17H19ClN2O4S2/c18-14-10-13(11-15-17(14)24-8-7-23-15)12-19-3-5-20(6-4-19)26(21,22)16-2-1-9-25-16/h1-2,9-11H,3-8,12H2. The van der Waals surface area contributed by atoms with Crippen molar-refractivity contribution in [2.75, 3.05) is 39.4 Å². The number of nitrogens with zero attached hydrogens (tertiary/aromatic N) is 2. The molecular formula is C17H19ClN2O4S2. The molecule has 26 heavy (non-hydrogen) atoms. The van der Waals surface area contributed by atoms with E-state index in [4.69, 9.17) is 21.1 Å². The van der Waals surface area contributed by atoms with E-state index >= 15 is 0 Å². The van der Waals surface area contributed by atoms with Crippen molar-refractivity contribution in [1.29, 1.82) is 0 Å². The molecule has 0 saturated carbocycles. The molecule has 0 amide bonds. The summed E-state index contributed by atoms with van der Waals surface area (Å²) in [6.45, 7) is 4.05. The molecule has 2 aliphatic heterocycles. The smallest absolute Gasteiger partial charge is 0.252 e. The lowest BCUT2D eigenvalue weighted by atomic mass is 10.1. The van der Waals surface area contributed by atoms with Crippen LogP contribution < -0.4 is 9.47 Å². The molecule has 0 atom stereocenters. The summed E-state index contributed by atoms with van der Waals surface area (Å²) < 4.78 is 38.3. The van der Waals surface area contributed by atoms with Gasteiger partial charge in [0, 0.05) is 32.7 Å². The number of halogens is 1. The molecule has 1 saturated heterocycles. The summed E-state index contributed by atoms with van der Waals surface area (Å²) in [5.74, 6) is 1.28. The van der Waals surface area contributed by atoms with Crippen LogP contribution in [0.5, 0.6) is 11.5 Å². The van der Waals surface area contributed by atoms with E-state index in [1.165, 1.54) is 11.3 Å². The highest BCUT2D eigenvalue weighted by atomic mass is 35.5. The molecule has 6 nitrogen and oxygen atoms in total. The molecule has 0 spiro atoms. The van der Waals surface area contributed by atoms with Crippen LogP contribution in [0.1, 0.15) is 5.56 Å². The molecule has 1 aromatic heterocycles. The van der Waals surface area contributed by atoms with Gasteiger partial charge in [-0.1, -0.05) is 17.7 Å². The van der Waals surface area contributed by atoms with Crippen LogP contribution in [-0.4, -0.2) is 57.0 Å². The number of hydrogen-bond acceptors (Lipinski definition) is 6. The van der Waals surface area contributed by atoms with Crippen molar-refractivity contribution in [3.8, 4) is 11.5 Å². The zero-order valence-electron chi connectivity index (χ0n) is 14.1. The minimum absolute atomic E-state index is 0.407. The predicted octanol–water partition coefficient (Wildman–Crippen LogP) is 2.68. The van der Waals surface area contributed by atoms with Crippen molar-refractivity contribution in [2.45, 2.75) is 10.8 Å². The van der Waals surface area contributed by atoms with Crippen molar-refractivity contribution in [2.24, 2.45) is 0 Å².